The van der Waals surface area contributed by atoms with Crippen LogP contribution in [-0.4, -0.2) is 23.9 Å². The van der Waals surface area contributed by atoms with Gasteiger partial charge < -0.3 is 4.90 Å². The minimum absolute atomic E-state index is 0.0666. The number of rotatable bonds is 6. The van der Waals surface area contributed by atoms with E-state index in [2.05, 4.69) is 28.1 Å². The van der Waals surface area contributed by atoms with Crippen molar-refractivity contribution in [2.45, 2.75) is 19.8 Å². The first-order chi connectivity index (χ1) is 10.6. The molecule has 0 N–H and O–H groups in total. The third-order valence-corrected chi connectivity index (χ3v) is 4.19. The zero-order valence-corrected chi connectivity index (χ0v) is 14.1. The topological polar surface area (TPSA) is 20.3 Å². The second-order valence-electron chi connectivity index (χ2n) is 5.13. The van der Waals surface area contributed by atoms with E-state index in [4.69, 9.17) is 0 Å². The van der Waals surface area contributed by atoms with Crippen LogP contribution in [0.1, 0.15) is 18.1 Å². The van der Waals surface area contributed by atoms with Crippen LogP contribution in [0.5, 0.6) is 0 Å². The van der Waals surface area contributed by atoms with Crippen LogP contribution in [0, 0.1) is 5.82 Å². The molecule has 0 saturated heterocycles. The Labute approximate surface area is 139 Å². The van der Waals surface area contributed by atoms with Crippen molar-refractivity contribution in [2.75, 3.05) is 13.1 Å². The Morgan fingerprint density at radius 2 is 1.86 bits per heavy atom. The third kappa shape index (κ3) is 4.67. The monoisotopic (exact) mass is 363 g/mol. The van der Waals surface area contributed by atoms with Gasteiger partial charge in [-0.2, -0.15) is 0 Å². The van der Waals surface area contributed by atoms with Crippen molar-refractivity contribution >= 4 is 21.8 Å². The van der Waals surface area contributed by atoms with Crippen LogP contribution in [0.25, 0.3) is 0 Å². The normalized spacial score (nSPS) is 10.5. The van der Waals surface area contributed by atoms with Crippen molar-refractivity contribution in [2.24, 2.45) is 0 Å². The maximum absolute atomic E-state index is 13.2. The lowest BCUT2D eigenvalue weighted by Gasteiger charge is -2.21. The fraction of sp³-hybridized carbons (Fsp3) is 0.278. The van der Waals surface area contributed by atoms with Crippen molar-refractivity contribution in [1.82, 2.24) is 4.90 Å². The number of likely N-dealkylation sites (N-methyl/N-ethyl adjacent to an activating group) is 1. The van der Waals surface area contributed by atoms with Crippen LogP contribution < -0.4 is 0 Å². The molecule has 0 aliphatic heterocycles. The molecule has 0 heterocycles. The molecule has 0 fully saturated rings. The summed E-state index contributed by atoms with van der Waals surface area (Å²) in [6.45, 7) is 3.35. The maximum Gasteiger partial charge on any atom is 0.226 e. The minimum Gasteiger partial charge on any atom is -0.342 e. The van der Waals surface area contributed by atoms with Crippen LogP contribution >= 0.6 is 15.9 Å². The molecule has 1 amide bonds. The minimum atomic E-state index is -0.312. The van der Waals surface area contributed by atoms with Gasteiger partial charge in [-0.3, -0.25) is 4.79 Å². The van der Waals surface area contributed by atoms with Crippen molar-refractivity contribution in [3.05, 3.63) is 69.9 Å². The van der Waals surface area contributed by atoms with Gasteiger partial charge in [-0.05, 0) is 52.5 Å². The number of nitrogens with zero attached hydrogens (tertiary/aromatic N) is 1. The van der Waals surface area contributed by atoms with E-state index in [1.807, 2.05) is 30.0 Å². The van der Waals surface area contributed by atoms with E-state index in [1.54, 1.807) is 12.1 Å². The Morgan fingerprint density at radius 1 is 1.14 bits per heavy atom. The molecule has 0 aromatic heterocycles. The molecule has 22 heavy (non-hydrogen) atoms. The SMILES string of the molecule is CCN(CCc1ccccc1)C(=O)Cc1ccc(F)c(Br)c1. The Kier molecular flexibility index (Phi) is 6.13. The van der Waals surface area contributed by atoms with Gasteiger partial charge in [0.1, 0.15) is 5.82 Å². The molecule has 0 aliphatic carbocycles. The molecule has 2 aromatic rings. The van der Waals surface area contributed by atoms with E-state index in [0.29, 0.717) is 24.0 Å². The molecule has 2 aromatic carbocycles. The molecule has 0 unspecified atom stereocenters. The van der Waals surface area contributed by atoms with Crippen molar-refractivity contribution in [3.8, 4) is 0 Å². The number of carbonyl (C=O) groups excluding carboxylic acids is 1. The van der Waals surface area contributed by atoms with E-state index in [-0.39, 0.29) is 11.7 Å². The lowest BCUT2D eigenvalue weighted by Crippen LogP contribution is -2.33. The molecular weight excluding hydrogens is 345 g/mol. The molecular formula is C18H19BrFNO. The van der Waals surface area contributed by atoms with Gasteiger partial charge in [0, 0.05) is 13.1 Å². The summed E-state index contributed by atoms with van der Waals surface area (Å²) in [7, 11) is 0. The summed E-state index contributed by atoms with van der Waals surface area (Å²) in [5.41, 5.74) is 2.04. The van der Waals surface area contributed by atoms with Gasteiger partial charge in [0.2, 0.25) is 5.91 Å². The molecule has 116 valence electrons. The van der Waals surface area contributed by atoms with Gasteiger partial charge >= 0.3 is 0 Å². The van der Waals surface area contributed by atoms with Crippen LogP contribution in [0.15, 0.2) is 53.0 Å². The number of hydrogen-bond donors (Lipinski definition) is 0. The van der Waals surface area contributed by atoms with E-state index >= 15 is 0 Å². The van der Waals surface area contributed by atoms with Gasteiger partial charge in [-0.15, -0.1) is 0 Å². The van der Waals surface area contributed by atoms with E-state index in [0.717, 1.165) is 12.0 Å². The molecule has 4 heteroatoms. The molecule has 0 bridgehead atoms. The Hall–Kier alpha value is -1.68. The van der Waals surface area contributed by atoms with Crippen LogP contribution in [0.3, 0.4) is 0 Å². The van der Waals surface area contributed by atoms with Crippen molar-refractivity contribution in [1.29, 1.82) is 0 Å². The second-order valence-corrected chi connectivity index (χ2v) is 5.99. The summed E-state index contributed by atoms with van der Waals surface area (Å²) in [4.78, 5) is 14.2. The lowest BCUT2D eigenvalue weighted by atomic mass is 10.1. The summed E-state index contributed by atoms with van der Waals surface area (Å²) in [6.07, 6.45) is 1.13. The molecule has 2 nitrogen and oxygen atoms in total. The van der Waals surface area contributed by atoms with Crippen LogP contribution in [-0.2, 0) is 17.6 Å². The van der Waals surface area contributed by atoms with Gasteiger partial charge in [0.05, 0.1) is 10.9 Å². The van der Waals surface area contributed by atoms with Crippen LogP contribution in [0.2, 0.25) is 0 Å². The largest absolute Gasteiger partial charge is 0.342 e. The predicted molar refractivity (Wildman–Crippen MR) is 90.2 cm³/mol. The quantitative estimate of drug-likeness (QED) is 0.752. The van der Waals surface area contributed by atoms with Crippen molar-refractivity contribution < 1.29 is 9.18 Å². The number of amides is 1. The van der Waals surface area contributed by atoms with Crippen molar-refractivity contribution in [3.63, 3.8) is 0 Å². The smallest absolute Gasteiger partial charge is 0.226 e. The zero-order chi connectivity index (χ0) is 15.9. The molecule has 0 aliphatic rings. The maximum atomic E-state index is 13.2. The summed E-state index contributed by atoms with van der Waals surface area (Å²) in [6, 6.07) is 14.8. The first-order valence-electron chi connectivity index (χ1n) is 7.35. The number of hydrogen-bond acceptors (Lipinski definition) is 1. The summed E-state index contributed by atoms with van der Waals surface area (Å²) < 4.78 is 13.6. The lowest BCUT2D eigenvalue weighted by molar-refractivity contribution is -0.130. The number of carbonyl (C=O) groups is 1. The van der Waals surface area contributed by atoms with E-state index < -0.39 is 0 Å². The highest BCUT2D eigenvalue weighted by Gasteiger charge is 2.13. The number of benzene rings is 2. The van der Waals surface area contributed by atoms with Gasteiger partial charge in [-0.1, -0.05) is 36.4 Å². The highest BCUT2D eigenvalue weighted by molar-refractivity contribution is 9.10. The fourth-order valence-corrected chi connectivity index (χ4v) is 2.73. The standard InChI is InChI=1S/C18H19BrFNO/c1-2-21(11-10-14-6-4-3-5-7-14)18(22)13-15-8-9-17(20)16(19)12-15/h3-9,12H,2,10-11,13H2,1H3. The summed E-state index contributed by atoms with van der Waals surface area (Å²) >= 11 is 3.15. The fourth-order valence-electron chi connectivity index (χ4n) is 2.30. The van der Waals surface area contributed by atoms with Gasteiger partial charge in [0.25, 0.3) is 0 Å². The Bertz CT molecular complexity index is 630. The second kappa shape index (κ2) is 8.08. The molecule has 0 radical (unpaired) electrons. The van der Waals surface area contributed by atoms with Crippen LogP contribution in [0.4, 0.5) is 4.39 Å². The molecule has 0 atom stereocenters. The Morgan fingerprint density at radius 3 is 2.50 bits per heavy atom. The van der Waals surface area contributed by atoms with E-state index in [1.165, 1.54) is 11.6 Å². The van der Waals surface area contributed by atoms with E-state index in [9.17, 15) is 9.18 Å². The average Bonchev–Trinajstić information content (AvgIpc) is 2.52. The summed E-state index contributed by atoms with van der Waals surface area (Å²) in [5.74, 6) is -0.246. The molecule has 0 saturated carbocycles. The molecule has 0 spiro atoms. The zero-order valence-electron chi connectivity index (χ0n) is 12.6. The summed E-state index contributed by atoms with van der Waals surface area (Å²) in [5, 5.41) is 0. The highest BCUT2D eigenvalue weighted by Crippen LogP contribution is 2.17. The number of halogens is 2. The highest BCUT2D eigenvalue weighted by atomic mass is 79.9. The molecule has 2 rings (SSSR count). The van der Waals surface area contributed by atoms with Gasteiger partial charge in [0.15, 0.2) is 0 Å². The first kappa shape index (κ1) is 16.7. The third-order valence-electron chi connectivity index (χ3n) is 3.59. The predicted octanol–water partition coefficient (Wildman–Crippen LogP) is 4.22. The first-order valence-corrected chi connectivity index (χ1v) is 8.15. The average molecular weight is 364 g/mol. The van der Waals surface area contributed by atoms with Gasteiger partial charge in [-0.25, -0.2) is 4.39 Å². The Balaban J connectivity index is 1.95.